The van der Waals surface area contributed by atoms with Crippen molar-refractivity contribution in [1.82, 2.24) is 15.2 Å². The molecular formula is C12H14BrN3O. The number of halogens is 1. The summed E-state index contributed by atoms with van der Waals surface area (Å²) in [6.07, 6.45) is 2.57. The molecule has 5 heteroatoms. The number of aromatic nitrogens is 3. The predicted octanol–water partition coefficient (Wildman–Crippen LogP) is 2.81. The highest BCUT2D eigenvalue weighted by Gasteiger charge is 2.07. The quantitative estimate of drug-likeness (QED) is 0.883. The minimum atomic E-state index is 0.617. The van der Waals surface area contributed by atoms with Crippen LogP contribution in [0, 0.1) is 13.8 Å². The van der Waals surface area contributed by atoms with Gasteiger partial charge in [-0.15, -0.1) is 0 Å². The number of rotatable bonds is 4. The normalized spacial score (nSPS) is 10.5. The molecule has 0 fully saturated rings. The van der Waals surface area contributed by atoms with Gasteiger partial charge in [0.2, 0.25) is 0 Å². The molecule has 90 valence electrons. The van der Waals surface area contributed by atoms with Crippen LogP contribution in [0.5, 0.6) is 5.75 Å². The second kappa shape index (κ2) is 5.31. The van der Waals surface area contributed by atoms with Crippen LogP contribution in [0.2, 0.25) is 0 Å². The molecule has 17 heavy (non-hydrogen) atoms. The van der Waals surface area contributed by atoms with Crippen LogP contribution in [0.25, 0.3) is 0 Å². The summed E-state index contributed by atoms with van der Waals surface area (Å²) in [6.45, 7) is 4.64. The molecule has 0 unspecified atom stereocenters. The SMILES string of the molecule is Cc1n[nH]c(C)c1CCOc1cccnc1Br. The predicted molar refractivity (Wildman–Crippen MR) is 69.2 cm³/mol. The summed E-state index contributed by atoms with van der Waals surface area (Å²) in [6, 6.07) is 3.75. The smallest absolute Gasteiger partial charge is 0.152 e. The van der Waals surface area contributed by atoms with Crippen molar-refractivity contribution in [2.45, 2.75) is 20.3 Å². The van der Waals surface area contributed by atoms with Gasteiger partial charge in [0, 0.05) is 18.3 Å². The van der Waals surface area contributed by atoms with Crippen LogP contribution in [0.15, 0.2) is 22.9 Å². The average Bonchev–Trinajstić information content (AvgIpc) is 2.63. The Balaban J connectivity index is 1.95. The standard InChI is InChI=1S/C12H14BrN3O/c1-8-10(9(2)16-15-8)5-7-17-11-4-3-6-14-12(11)13/h3-4,6H,5,7H2,1-2H3,(H,15,16). The summed E-state index contributed by atoms with van der Waals surface area (Å²) in [5.41, 5.74) is 3.37. The molecule has 0 aliphatic heterocycles. The molecule has 2 heterocycles. The van der Waals surface area contributed by atoms with E-state index >= 15 is 0 Å². The van der Waals surface area contributed by atoms with Gasteiger partial charge in [-0.3, -0.25) is 5.10 Å². The third-order valence-corrected chi connectivity index (χ3v) is 3.21. The van der Waals surface area contributed by atoms with Gasteiger partial charge >= 0.3 is 0 Å². The van der Waals surface area contributed by atoms with E-state index in [-0.39, 0.29) is 0 Å². The molecule has 2 aromatic rings. The Kier molecular flexibility index (Phi) is 3.78. The van der Waals surface area contributed by atoms with Gasteiger partial charge in [0.25, 0.3) is 0 Å². The Hall–Kier alpha value is -1.36. The number of aryl methyl sites for hydroxylation is 2. The maximum Gasteiger partial charge on any atom is 0.152 e. The van der Waals surface area contributed by atoms with Crippen LogP contribution in [-0.4, -0.2) is 21.8 Å². The van der Waals surface area contributed by atoms with Crippen LogP contribution < -0.4 is 4.74 Å². The van der Waals surface area contributed by atoms with E-state index < -0.39 is 0 Å². The molecule has 4 nitrogen and oxygen atoms in total. The third-order valence-electron chi connectivity index (χ3n) is 2.62. The Labute approximate surface area is 109 Å². The van der Waals surface area contributed by atoms with Gasteiger partial charge in [-0.1, -0.05) is 0 Å². The van der Waals surface area contributed by atoms with E-state index in [1.54, 1.807) is 6.20 Å². The Bertz CT molecular complexity index is 491. The van der Waals surface area contributed by atoms with Crippen molar-refractivity contribution < 1.29 is 4.74 Å². The van der Waals surface area contributed by atoms with E-state index in [1.165, 1.54) is 5.56 Å². The number of nitrogens with one attached hydrogen (secondary N) is 1. The van der Waals surface area contributed by atoms with Gasteiger partial charge < -0.3 is 4.74 Å². The van der Waals surface area contributed by atoms with Crippen LogP contribution in [-0.2, 0) is 6.42 Å². The number of nitrogens with zero attached hydrogens (tertiary/aromatic N) is 2. The second-order valence-corrected chi connectivity index (χ2v) is 4.55. The fraction of sp³-hybridized carbons (Fsp3) is 0.333. The molecule has 0 spiro atoms. The first-order valence-corrected chi connectivity index (χ1v) is 6.21. The Morgan fingerprint density at radius 1 is 1.41 bits per heavy atom. The number of ether oxygens (including phenoxy) is 1. The van der Waals surface area contributed by atoms with Gasteiger partial charge in [-0.05, 0) is 47.5 Å². The second-order valence-electron chi connectivity index (χ2n) is 3.80. The van der Waals surface area contributed by atoms with Gasteiger partial charge in [-0.2, -0.15) is 5.10 Å². The molecule has 0 bridgehead atoms. The summed E-state index contributed by atoms with van der Waals surface area (Å²) >= 11 is 3.35. The maximum atomic E-state index is 5.67. The molecule has 0 atom stereocenters. The summed E-state index contributed by atoms with van der Waals surface area (Å²) in [7, 11) is 0. The van der Waals surface area contributed by atoms with E-state index in [9.17, 15) is 0 Å². The van der Waals surface area contributed by atoms with E-state index in [4.69, 9.17) is 4.74 Å². The lowest BCUT2D eigenvalue weighted by Crippen LogP contribution is -2.03. The molecule has 0 radical (unpaired) electrons. The lowest BCUT2D eigenvalue weighted by atomic mass is 10.1. The molecule has 0 saturated heterocycles. The lowest BCUT2D eigenvalue weighted by Gasteiger charge is -2.07. The number of H-pyrrole nitrogens is 1. The van der Waals surface area contributed by atoms with Gasteiger partial charge in [-0.25, -0.2) is 4.98 Å². The van der Waals surface area contributed by atoms with Gasteiger partial charge in [0.15, 0.2) is 5.75 Å². The van der Waals surface area contributed by atoms with Gasteiger partial charge in [0.1, 0.15) is 4.60 Å². The lowest BCUT2D eigenvalue weighted by molar-refractivity contribution is 0.318. The zero-order chi connectivity index (χ0) is 12.3. The van der Waals surface area contributed by atoms with Crippen molar-refractivity contribution >= 4 is 15.9 Å². The highest BCUT2D eigenvalue weighted by atomic mass is 79.9. The molecule has 2 aromatic heterocycles. The number of pyridine rings is 1. The molecule has 0 amide bonds. The summed E-state index contributed by atoms with van der Waals surface area (Å²) in [5.74, 6) is 0.770. The van der Waals surface area contributed by atoms with Crippen molar-refractivity contribution in [1.29, 1.82) is 0 Å². The molecule has 0 aliphatic carbocycles. The van der Waals surface area contributed by atoms with Crippen molar-refractivity contribution in [3.63, 3.8) is 0 Å². The molecule has 0 aromatic carbocycles. The zero-order valence-corrected chi connectivity index (χ0v) is 11.4. The maximum absolute atomic E-state index is 5.67. The van der Waals surface area contributed by atoms with E-state index in [0.29, 0.717) is 6.61 Å². The topological polar surface area (TPSA) is 50.8 Å². The molecule has 1 N–H and O–H groups in total. The van der Waals surface area contributed by atoms with Crippen molar-refractivity contribution in [2.75, 3.05) is 6.61 Å². The van der Waals surface area contributed by atoms with Crippen molar-refractivity contribution in [3.05, 3.63) is 39.9 Å². The van der Waals surface area contributed by atoms with Crippen LogP contribution in [0.3, 0.4) is 0 Å². The first-order chi connectivity index (χ1) is 8.18. The number of hydrogen-bond acceptors (Lipinski definition) is 3. The molecule has 2 rings (SSSR count). The fourth-order valence-electron chi connectivity index (χ4n) is 1.68. The largest absolute Gasteiger partial charge is 0.490 e. The van der Waals surface area contributed by atoms with E-state index in [1.807, 2.05) is 26.0 Å². The molecular weight excluding hydrogens is 282 g/mol. The third kappa shape index (κ3) is 2.85. The highest BCUT2D eigenvalue weighted by Crippen LogP contribution is 2.21. The zero-order valence-electron chi connectivity index (χ0n) is 9.83. The monoisotopic (exact) mass is 295 g/mol. The first kappa shape index (κ1) is 12.1. The number of hydrogen-bond donors (Lipinski definition) is 1. The average molecular weight is 296 g/mol. The summed E-state index contributed by atoms with van der Waals surface area (Å²) < 4.78 is 6.41. The van der Waals surface area contributed by atoms with Crippen molar-refractivity contribution in [2.24, 2.45) is 0 Å². The van der Waals surface area contributed by atoms with E-state index in [0.717, 1.165) is 28.2 Å². The fourth-order valence-corrected chi connectivity index (χ4v) is 2.05. The first-order valence-electron chi connectivity index (χ1n) is 5.42. The van der Waals surface area contributed by atoms with Crippen LogP contribution in [0.4, 0.5) is 0 Å². The summed E-state index contributed by atoms with van der Waals surface area (Å²) in [5, 5.41) is 7.13. The molecule has 0 saturated carbocycles. The minimum Gasteiger partial charge on any atom is -0.490 e. The van der Waals surface area contributed by atoms with E-state index in [2.05, 4.69) is 31.1 Å². The summed E-state index contributed by atoms with van der Waals surface area (Å²) in [4.78, 5) is 4.10. The Morgan fingerprint density at radius 3 is 2.88 bits per heavy atom. The van der Waals surface area contributed by atoms with Crippen LogP contribution in [0.1, 0.15) is 17.0 Å². The van der Waals surface area contributed by atoms with Gasteiger partial charge in [0.05, 0.1) is 12.3 Å². The number of aromatic amines is 1. The van der Waals surface area contributed by atoms with Crippen LogP contribution >= 0.6 is 15.9 Å². The van der Waals surface area contributed by atoms with Crippen molar-refractivity contribution in [3.8, 4) is 5.75 Å². The highest BCUT2D eigenvalue weighted by molar-refractivity contribution is 9.10. The Morgan fingerprint density at radius 2 is 2.24 bits per heavy atom. The minimum absolute atomic E-state index is 0.617. The molecule has 0 aliphatic rings.